The molecule has 1 amide bonds. The van der Waals surface area contributed by atoms with Gasteiger partial charge in [0.05, 0.1) is 12.1 Å². The van der Waals surface area contributed by atoms with Crippen LogP contribution in [0.25, 0.3) is 0 Å². The zero-order valence-electron chi connectivity index (χ0n) is 20.9. The molecule has 5 heteroatoms. The van der Waals surface area contributed by atoms with Gasteiger partial charge in [-0.1, -0.05) is 112 Å². The average Bonchev–Trinajstić information content (AvgIpc) is 3.28. The van der Waals surface area contributed by atoms with E-state index in [9.17, 15) is 4.79 Å². The van der Waals surface area contributed by atoms with Crippen molar-refractivity contribution in [1.82, 2.24) is 4.90 Å². The Balaban J connectivity index is 1.50. The van der Waals surface area contributed by atoms with Gasteiger partial charge in [0.15, 0.2) is 0 Å². The van der Waals surface area contributed by atoms with Gasteiger partial charge in [-0.25, -0.2) is 0 Å². The molecule has 2 fully saturated rings. The van der Waals surface area contributed by atoms with Gasteiger partial charge in [-0.3, -0.25) is 4.79 Å². The SMILES string of the molecule is CC(C)(C)[Si](OC1CCC2C1OCC(=O)N2Cc1ccccc1)(c1ccccc1)c1ccccc1. The van der Waals surface area contributed by atoms with Crippen LogP contribution in [0.4, 0.5) is 0 Å². The third kappa shape index (κ3) is 4.49. The lowest BCUT2D eigenvalue weighted by molar-refractivity contribution is -0.160. The fraction of sp³-hybridized carbons (Fsp3) is 0.367. The molecule has 2 aliphatic rings. The number of carbonyl (C=O) groups excluding carboxylic acids is 1. The third-order valence-corrected chi connectivity index (χ3v) is 12.6. The van der Waals surface area contributed by atoms with E-state index in [-0.39, 0.29) is 35.8 Å². The molecule has 182 valence electrons. The summed E-state index contributed by atoms with van der Waals surface area (Å²) in [5.41, 5.74) is 1.15. The van der Waals surface area contributed by atoms with E-state index in [4.69, 9.17) is 9.16 Å². The summed E-state index contributed by atoms with van der Waals surface area (Å²) in [6.07, 6.45) is 1.61. The Morgan fingerprint density at radius 2 is 1.40 bits per heavy atom. The van der Waals surface area contributed by atoms with E-state index >= 15 is 0 Å². The Morgan fingerprint density at radius 3 is 1.94 bits per heavy atom. The topological polar surface area (TPSA) is 38.8 Å². The Labute approximate surface area is 210 Å². The number of amides is 1. The second-order valence-corrected chi connectivity index (χ2v) is 15.0. The summed E-state index contributed by atoms with van der Waals surface area (Å²) < 4.78 is 13.6. The van der Waals surface area contributed by atoms with Gasteiger partial charge in [0.1, 0.15) is 12.7 Å². The molecule has 3 atom stereocenters. The molecule has 0 bridgehead atoms. The molecule has 0 N–H and O–H groups in total. The zero-order valence-corrected chi connectivity index (χ0v) is 21.9. The van der Waals surface area contributed by atoms with Crippen molar-refractivity contribution in [2.45, 2.75) is 63.4 Å². The Hall–Kier alpha value is -2.73. The van der Waals surface area contributed by atoms with Gasteiger partial charge >= 0.3 is 0 Å². The van der Waals surface area contributed by atoms with Crippen LogP contribution in [0.3, 0.4) is 0 Å². The highest BCUT2D eigenvalue weighted by Gasteiger charge is 2.55. The van der Waals surface area contributed by atoms with Crippen LogP contribution in [0, 0.1) is 0 Å². The minimum absolute atomic E-state index is 0.0414. The summed E-state index contributed by atoms with van der Waals surface area (Å²) in [5.74, 6) is 0.0706. The smallest absolute Gasteiger partial charge is 0.261 e. The molecule has 3 aromatic rings. The third-order valence-electron chi connectivity index (χ3n) is 7.55. The van der Waals surface area contributed by atoms with Gasteiger partial charge in [-0.2, -0.15) is 0 Å². The predicted molar refractivity (Wildman–Crippen MR) is 142 cm³/mol. The first-order chi connectivity index (χ1) is 16.9. The van der Waals surface area contributed by atoms with E-state index in [0.717, 1.165) is 18.4 Å². The van der Waals surface area contributed by atoms with Crippen LogP contribution in [0.15, 0.2) is 91.0 Å². The number of benzene rings is 3. The summed E-state index contributed by atoms with van der Waals surface area (Å²) in [6, 6.07) is 31.8. The highest BCUT2D eigenvalue weighted by molar-refractivity contribution is 6.99. The minimum Gasteiger partial charge on any atom is -0.402 e. The molecule has 1 saturated heterocycles. The largest absolute Gasteiger partial charge is 0.402 e. The van der Waals surface area contributed by atoms with Gasteiger partial charge in [-0.05, 0) is 33.8 Å². The normalized spacial score (nSPS) is 22.8. The van der Waals surface area contributed by atoms with Crippen LogP contribution in [0.5, 0.6) is 0 Å². The molecule has 4 nitrogen and oxygen atoms in total. The summed E-state index contributed by atoms with van der Waals surface area (Å²) in [4.78, 5) is 14.9. The standard InChI is InChI=1S/C30H35NO3Si/c1-30(2,3)35(24-15-9-5-10-16-24,25-17-11-6-12-18-25)34-27-20-19-26-29(27)33-22-28(32)31(26)21-23-13-7-4-8-14-23/h4-18,26-27,29H,19-22H2,1-3H3. The maximum Gasteiger partial charge on any atom is 0.261 e. The average molecular weight is 486 g/mol. The van der Waals surface area contributed by atoms with E-state index < -0.39 is 8.32 Å². The maximum atomic E-state index is 12.9. The molecule has 5 rings (SSSR count). The molecule has 3 aromatic carbocycles. The van der Waals surface area contributed by atoms with Crippen molar-refractivity contribution >= 4 is 24.6 Å². The van der Waals surface area contributed by atoms with E-state index in [1.54, 1.807) is 0 Å². The van der Waals surface area contributed by atoms with Crippen LogP contribution in [-0.2, 0) is 20.5 Å². The lowest BCUT2D eigenvalue weighted by atomic mass is 10.1. The molecule has 1 saturated carbocycles. The Morgan fingerprint density at radius 1 is 0.857 bits per heavy atom. The van der Waals surface area contributed by atoms with E-state index in [2.05, 4.69) is 93.6 Å². The van der Waals surface area contributed by atoms with Gasteiger partial charge in [0, 0.05) is 6.54 Å². The van der Waals surface area contributed by atoms with Crippen LogP contribution < -0.4 is 10.4 Å². The monoisotopic (exact) mass is 485 g/mol. The van der Waals surface area contributed by atoms with E-state index in [1.165, 1.54) is 10.4 Å². The first-order valence-electron chi connectivity index (χ1n) is 12.6. The fourth-order valence-corrected chi connectivity index (χ4v) is 10.6. The lowest BCUT2D eigenvalue weighted by Crippen LogP contribution is -2.68. The Kier molecular flexibility index (Phi) is 6.66. The van der Waals surface area contributed by atoms with Crippen molar-refractivity contribution in [2.75, 3.05) is 6.61 Å². The maximum absolute atomic E-state index is 12.9. The summed E-state index contributed by atoms with van der Waals surface area (Å²) in [6.45, 7) is 7.65. The van der Waals surface area contributed by atoms with E-state index in [1.807, 2.05) is 23.1 Å². The molecule has 0 spiro atoms. The fourth-order valence-electron chi connectivity index (χ4n) is 5.93. The van der Waals surface area contributed by atoms with Crippen molar-refractivity contribution in [3.8, 4) is 0 Å². The molecule has 1 aliphatic carbocycles. The highest BCUT2D eigenvalue weighted by atomic mass is 28.4. The quantitative estimate of drug-likeness (QED) is 0.482. The first-order valence-corrected chi connectivity index (χ1v) is 14.5. The zero-order chi connectivity index (χ0) is 24.5. The number of ether oxygens (including phenoxy) is 1. The number of carbonyl (C=O) groups is 1. The van der Waals surface area contributed by atoms with Gasteiger partial charge in [-0.15, -0.1) is 0 Å². The summed E-state index contributed by atoms with van der Waals surface area (Å²) in [7, 11) is -2.69. The number of fused-ring (bicyclic) bond motifs is 1. The van der Waals surface area contributed by atoms with Crippen molar-refractivity contribution in [2.24, 2.45) is 0 Å². The van der Waals surface area contributed by atoms with Crippen LogP contribution >= 0.6 is 0 Å². The van der Waals surface area contributed by atoms with Crippen molar-refractivity contribution in [3.05, 3.63) is 96.6 Å². The Bertz CT molecular complexity index is 1090. The molecule has 0 aromatic heterocycles. The molecule has 0 radical (unpaired) electrons. The van der Waals surface area contributed by atoms with Gasteiger partial charge in [0.2, 0.25) is 5.91 Å². The van der Waals surface area contributed by atoms with Crippen LogP contribution in [-0.4, -0.2) is 44.0 Å². The molecular formula is C30H35NO3Si. The molecular weight excluding hydrogens is 450 g/mol. The molecule has 1 heterocycles. The number of rotatable bonds is 6. The predicted octanol–water partition coefficient (Wildman–Crippen LogP) is 4.52. The molecule has 3 unspecified atom stereocenters. The first kappa shape index (κ1) is 24.0. The van der Waals surface area contributed by atoms with Gasteiger partial charge < -0.3 is 14.1 Å². The van der Waals surface area contributed by atoms with Crippen molar-refractivity contribution < 1.29 is 14.0 Å². The molecule has 1 aliphatic heterocycles. The van der Waals surface area contributed by atoms with Gasteiger partial charge in [0.25, 0.3) is 8.32 Å². The number of hydrogen-bond acceptors (Lipinski definition) is 3. The van der Waals surface area contributed by atoms with E-state index in [0.29, 0.717) is 6.54 Å². The number of morpholine rings is 1. The molecule has 35 heavy (non-hydrogen) atoms. The summed E-state index contributed by atoms with van der Waals surface area (Å²) >= 11 is 0. The second kappa shape index (κ2) is 9.73. The van der Waals surface area contributed by atoms with Crippen LogP contribution in [0.2, 0.25) is 5.04 Å². The van der Waals surface area contributed by atoms with Crippen molar-refractivity contribution in [3.63, 3.8) is 0 Å². The lowest BCUT2D eigenvalue weighted by Gasteiger charge is -2.46. The number of nitrogens with zero attached hydrogens (tertiary/aromatic N) is 1. The second-order valence-electron chi connectivity index (χ2n) is 10.7. The van der Waals surface area contributed by atoms with Crippen molar-refractivity contribution in [1.29, 1.82) is 0 Å². The minimum atomic E-state index is -2.69. The van der Waals surface area contributed by atoms with Crippen LogP contribution in [0.1, 0.15) is 39.2 Å². The highest BCUT2D eigenvalue weighted by Crippen LogP contribution is 2.41. The number of hydrogen-bond donors (Lipinski definition) is 0. The summed E-state index contributed by atoms with van der Waals surface area (Å²) in [5, 5.41) is 2.45.